The highest BCUT2D eigenvalue weighted by molar-refractivity contribution is 6.03. The van der Waals surface area contributed by atoms with Gasteiger partial charge in [-0.2, -0.15) is 5.10 Å². The highest BCUT2D eigenvalue weighted by Gasteiger charge is 2.11. The van der Waals surface area contributed by atoms with Crippen LogP contribution in [0.3, 0.4) is 0 Å². The molecule has 20 heavy (non-hydrogen) atoms. The van der Waals surface area contributed by atoms with E-state index in [4.69, 9.17) is 0 Å². The van der Waals surface area contributed by atoms with E-state index in [0.29, 0.717) is 17.8 Å². The Labute approximate surface area is 116 Å². The Morgan fingerprint density at radius 3 is 2.80 bits per heavy atom. The molecule has 1 heterocycles. The SMILES string of the molecule is CNC(=O)c1ccccc1NC(=O)CCn1cncn1. The lowest BCUT2D eigenvalue weighted by molar-refractivity contribution is -0.116. The summed E-state index contributed by atoms with van der Waals surface area (Å²) in [6.45, 7) is 0.438. The van der Waals surface area contributed by atoms with Crippen molar-refractivity contribution >= 4 is 17.5 Å². The van der Waals surface area contributed by atoms with Gasteiger partial charge in [0.1, 0.15) is 12.7 Å². The number of benzene rings is 1. The number of nitrogens with one attached hydrogen (secondary N) is 2. The van der Waals surface area contributed by atoms with Crippen LogP contribution in [0.25, 0.3) is 0 Å². The van der Waals surface area contributed by atoms with Crippen LogP contribution in [-0.2, 0) is 11.3 Å². The van der Waals surface area contributed by atoms with E-state index in [0.717, 1.165) is 0 Å². The van der Waals surface area contributed by atoms with E-state index in [9.17, 15) is 9.59 Å². The number of carbonyl (C=O) groups excluding carboxylic acids is 2. The van der Waals surface area contributed by atoms with Crippen LogP contribution in [0.2, 0.25) is 0 Å². The Bertz CT molecular complexity index is 595. The van der Waals surface area contributed by atoms with E-state index >= 15 is 0 Å². The molecule has 0 spiro atoms. The fraction of sp³-hybridized carbons (Fsp3) is 0.231. The van der Waals surface area contributed by atoms with Gasteiger partial charge in [0.15, 0.2) is 0 Å². The zero-order valence-corrected chi connectivity index (χ0v) is 11.0. The molecule has 2 amide bonds. The molecular formula is C13H15N5O2. The van der Waals surface area contributed by atoms with Crippen LogP contribution in [0.5, 0.6) is 0 Å². The van der Waals surface area contributed by atoms with Gasteiger partial charge in [-0.3, -0.25) is 14.3 Å². The molecule has 1 aromatic carbocycles. The molecule has 7 nitrogen and oxygen atoms in total. The van der Waals surface area contributed by atoms with Gasteiger partial charge in [-0.25, -0.2) is 4.98 Å². The van der Waals surface area contributed by atoms with E-state index in [2.05, 4.69) is 20.7 Å². The van der Waals surface area contributed by atoms with Crippen LogP contribution in [0.4, 0.5) is 5.69 Å². The van der Waals surface area contributed by atoms with Crippen molar-refractivity contribution in [1.29, 1.82) is 0 Å². The van der Waals surface area contributed by atoms with Crippen LogP contribution in [0, 0.1) is 0 Å². The Balaban J connectivity index is 1.99. The number of anilines is 1. The highest BCUT2D eigenvalue weighted by atomic mass is 16.2. The zero-order chi connectivity index (χ0) is 14.4. The molecule has 0 radical (unpaired) electrons. The molecule has 0 bridgehead atoms. The molecule has 2 aromatic rings. The molecule has 0 aliphatic heterocycles. The third kappa shape index (κ3) is 3.41. The van der Waals surface area contributed by atoms with Crippen molar-refractivity contribution in [2.24, 2.45) is 0 Å². The lowest BCUT2D eigenvalue weighted by Gasteiger charge is -2.09. The van der Waals surface area contributed by atoms with Crippen molar-refractivity contribution in [2.45, 2.75) is 13.0 Å². The van der Waals surface area contributed by atoms with Crippen LogP contribution >= 0.6 is 0 Å². The summed E-state index contributed by atoms with van der Waals surface area (Å²) in [5.41, 5.74) is 0.930. The molecule has 2 N–H and O–H groups in total. The molecule has 0 unspecified atom stereocenters. The number of amides is 2. The summed E-state index contributed by atoms with van der Waals surface area (Å²) in [6.07, 6.45) is 3.22. The number of aromatic nitrogens is 3. The van der Waals surface area contributed by atoms with Gasteiger partial charge in [0.05, 0.1) is 17.8 Å². The Kier molecular flexibility index (Phi) is 4.43. The van der Waals surface area contributed by atoms with Gasteiger partial charge in [-0.1, -0.05) is 12.1 Å². The minimum absolute atomic E-state index is 0.183. The lowest BCUT2D eigenvalue weighted by Crippen LogP contribution is -2.22. The third-order valence-corrected chi connectivity index (χ3v) is 2.71. The standard InChI is InChI=1S/C13H15N5O2/c1-14-13(20)10-4-2-3-5-11(10)17-12(19)6-7-18-9-15-8-16-18/h2-5,8-9H,6-7H2,1H3,(H,14,20)(H,17,19). The van der Waals surface area contributed by atoms with Crippen molar-refractivity contribution in [3.8, 4) is 0 Å². The molecule has 0 atom stereocenters. The van der Waals surface area contributed by atoms with E-state index in [1.165, 1.54) is 6.33 Å². The second kappa shape index (κ2) is 6.46. The summed E-state index contributed by atoms with van der Waals surface area (Å²) < 4.78 is 1.57. The van der Waals surface area contributed by atoms with Gasteiger partial charge in [0.2, 0.25) is 5.91 Å². The minimum atomic E-state index is -0.239. The van der Waals surface area contributed by atoms with Crippen LogP contribution in [-0.4, -0.2) is 33.6 Å². The van der Waals surface area contributed by atoms with Crippen LogP contribution < -0.4 is 10.6 Å². The first kappa shape index (κ1) is 13.7. The number of carbonyl (C=O) groups is 2. The van der Waals surface area contributed by atoms with Gasteiger partial charge in [-0.15, -0.1) is 0 Å². The van der Waals surface area contributed by atoms with Crippen molar-refractivity contribution in [1.82, 2.24) is 20.1 Å². The monoisotopic (exact) mass is 273 g/mol. The normalized spacial score (nSPS) is 10.1. The quantitative estimate of drug-likeness (QED) is 0.837. The summed E-state index contributed by atoms with van der Waals surface area (Å²) >= 11 is 0. The third-order valence-electron chi connectivity index (χ3n) is 2.71. The molecule has 0 saturated carbocycles. The molecular weight excluding hydrogens is 258 g/mol. The average molecular weight is 273 g/mol. The van der Waals surface area contributed by atoms with Gasteiger partial charge in [0.25, 0.3) is 5.91 Å². The topological polar surface area (TPSA) is 88.9 Å². The largest absolute Gasteiger partial charge is 0.355 e. The van der Waals surface area contributed by atoms with E-state index < -0.39 is 0 Å². The van der Waals surface area contributed by atoms with Gasteiger partial charge in [0, 0.05) is 13.5 Å². The fourth-order valence-electron chi connectivity index (χ4n) is 1.70. The molecule has 0 saturated heterocycles. The fourth-order valence-corrected chi connectivity index (χ4v) is 1.70. The van der Waals surface area contributed by atoms with Gasteiger partial charge < -0.3 is 10.6 Å². The van der Waals surface area contributed by atoms with E-state index in [1.807, 2.05) is 0 Å². The van der Waals surface area contributed by atoms with Crippen molar-refractivity contribution in [2.75, 3.05) is 12.4 Å². The maximum Gasteiger partial charge on any atom is 0.253 e. The maximum atomic E-state index is 11.9. The summed E-state index contributed by atoms with van der Waals surface area (Å²) in [4.78, 5) is 27.3. The van der Waals surface area contributed by atoms with E-state index in [-0.39, 0.29) is 18.2 Å². The second-order valence-corrected chi connectivity index (χ2v) is 4.08. The van der Waals surface area contributed by atoms with Crippen molar-refractivity contribution in [3.63, 3.8) is 0 Å². The molecule has 0 fully saturated rings. The number of hydrogen-bond acceptors (Lipinski definition) is 4. The van der Waals surface area contributed by atoms with Crippen molar-refractivity contribution < 1.29 is 9.59 Å². The Hall–Kier alpha value is -2.70. The lowest BCUT2D eigenvalue weighted by atomic mass is 10.1. The second-order valence-electron chi connectivity index (χ2n) is 4.08. The minimum Gasteiger partial charge on any atom is -0.355 e. The molecule has 1 aromatic heterocycles. The highest BCUT2D eigenvalue weighted by Crippen LogP contribution is 2.15. The average Bonchev–Trinajstić information content (AvgIpc) is 2.98. The van der Waals surface area contributed by atoms with Gasteiger partial charge in [-0.05, 0) is 12.1 Å². The van der Waals surface area contributed by atoms with Gasteiger partial charge >= 0.3 is 0 Å². The molecule has 0 aliphatic carbocycles. The number of nitrogens with zero attached hydrogens (tertiary/aromatic N) is 3. The first-order chi connectivity index (χ1) is 9.70. The maximum absolute atomic E-state index is 11.9. The molecule has 104 valence electrons. The predicted octanol–water partition coefficient (Wildman–Crippen LogP) is 0.666. The summed E-state index contributed by atoms with van der Waals surface area (Å²) in [7, 11) is 1.55. The summed E-state index contributed by atoms with van der Waals surface area (Å²) in [6, 6.07) is 6.86. The zero-order valence-electron chi connectivity index (χ0n) is 11.0. The van der Waals surface area contributed by atoms with Crippen molar-refractivity contribution in [3.05, 3.63) is 42.5 Å². The van der Waals surface area contributed by atoms with Crippen LogP contribution in [0.1, 0.15) is 16.8 Å². The van der Waals surface area contributed by atoms with E-state index in [1.54, 1.807) is 42.3 Å². The number of aryl methyl sites for hydroxylation is 1. The molecule has 0 aliphatic rings. The smallest absolute Gasteiger partial charge is 0.253 e. The number of para-hydroxylation sites is 1. The van der Waals surface area contributed by atoms with Crippen LogP contribution in [0.15, 0.2) is 36.9 Å². The first-order valence-corrected chi connectivity index (χ1v) is 6.14. The Morgan fingerprint density at radius 2 is 2.10 bits per heavy atom. The summed E-state index contributed by atoms with van der Waals surface area (Å²) in [5, 5.41) is 9.18. The molecule has 7 heteroatoms. The Morgan fingerprint density at radius 1 is 1.30 bits per heavy atom. The first-order valence-electron chi connectivity index (χ1n) is 6.14. The number of hydrogen-bond donors (Lipinski definition) is 2. The summed E-state index contributed by atoms with van der Waals surface area (Å²) in [5.74, 6) is -0.422. The number of rotatable bonds is 5. The predicted molar refractivity (Wildman–Crippen MR) is 73.1 cm³/mol. The molecule has 2 rings (SSSR count).